The van der Waals surface area contributed by atoms with E-state index in [0.29, 0.717) is 0 Å². The summed E-state index contributed by atoms with van der Waals surface area (Å²) in [7, 11) is 0.793. The zero-order valence-corrected chi connectivity index (χ0v) is 11.7. The van der Waals surface area contributed by atoms with Crippen LogP contribution in [0, 0.1) is 0 Å². The van der Waals surface area contributed by atoms with Crippen molar-refractivity contribution >= 4 is 11.9 Å². The van der Waals surface area contributed by atoms with Crippen LogP contribution in [0.1, 0.15) is 20.2 Å². The van der Waals surface area contributed by atoms with Crippen molar-refractivity contribution in [2.24, 2.45) is 0 Å². The van der Waals surface area contributed by atoms with Gasteiger partial charge in [0.1, 0.15) is 18.3 Å². The number of esters is 1. The molecule has 0 spiro atoms. The summed E-state index contributed by atoms with van der Waals surface area (Å²) in [6, 6.07) is -2.15. The molecule has 1 aliphatic rings. The first-order valence-corrected chi connectivity index (χ1v) is 5.98. The van der Waals surface area contributed by atoms with Gasteiger partial charge in [0.15, 0.2) is 0 Å². The Morgan fingerprint density at radius 3 is 2.68 bits per heavy atom. The van der Waals surface area contributed by atoms with Crippen LogP contribution < -0.4 is 5.32 Å². The number of rotatable bonds is 5. The van der Waals surface area contributed by atoms with E-state index in [4.69, 9.17) is 11.6 Å². The van der Waals surface area contributed by atoms with Crippen LogP contribution in [0.25, 0.3) is 0 Å². The summed E-state index contributed by atoms with van der Waals surface area (Å²) in [6.07, 6.45) is -15.0. The minimum absolute atomic E-state index is 0.793. The molecule has 1 amide bonds. The lowest BCUT2D eigenvalue weighted by molar-refractivity contribution is -0.296. The molecule has 128 valence electrons. The fourth-order valence-electron chi connectivity index (χ4n) is 1.91. The molecule has 0 aromatic carbocycles. The Bertz CT molecular complexity index is 609. The molecule has 1 heterocycles. The third-order valence-electron chi connectivity index (χ3n) is 2.89. The molecule has 1 aliphatic heterocycles. The van der Waals surface area contributed by atoms with Crippen molar-refractivity contribution < 1.29 is 51.4 Å². The molecule has 1 saturated heterocycles. The fraction of sp³-hybridized carbons (Fsp3) is 0.833. The number of carbonyl (C=O) groups excluding carboxylic acids is 2. The zero-order valence-electron chi connectivity index (χ0n) is 16.7. The molecule has 0 bridgehead atoms. The second-order valence-electron chi connectivity index (χ2n) is 4.51. The van der Waals surface area contributed by atoms with Crippen LogP contribution in [0.3, 0.4) is 0 Å². The highest BCUT2D eigenvalue weighted by Gasteiger charge is 2.54. The summed E-state index contributed by atoms with van der Waals surface area (Å²) in [4.78, 5) is 23.1. The number of hydrogen-bond donors (Lipinski definition) is 6. The number of carbonyl (C=O) groups is 2. The summed E-state index contributed by atoms with van der Waals surface area (Å²) in [6.45, 7) is -3.05. The minimum atomic E-state index is -4.09. The van der Waals surface area contributed by atoms with E-state index in [0.717, 1.165) is 14.0 Å². The molecule has 1 fully saturated rings. The Morgan fingerprint density at radius 2 is 2.23 bits per heavy atom. The molecule has 6 atom stereocenters. The van der Waals surface area contributed by atoms with Gasteiger partial charge in [-0.25, -0.2) is 4.79 Å². The Morgan fingerprint density at radius 1 is 1.64 bits per heavy atom. The number of methoxy groups -OCH3 is 1. The normalized spacial score (nSPS) is 44.8. The van der Waals surface area contributed by atoms with E-state index >= 15 is 0 Å². The van der Waals surface area contributed by atoms with Gasteiger partial charge in [0.25, 0.3) is 5.79 Å². The predicted octanol–water partition coefficient (Wildman–Crippen LogP) is -3.78. The maximum absolute atomic E-state index is 11.8. The average molecular weight is 328 g/mol. The van der Waals surface area contributed by atoms with Crippen molar-refractivity contribution in [1.29, 1.82) is 0 Å². The lowest BCUT2D eigenvalue weighted by atomic mass is 9.88. The zero-order chi connectivity index (χ0) is 21.6. The number of hydrogen-bond acceptors (Lipinski definition) is 9. The summed E-state index contributed by atoms with van der Waals surface area (Å²) in [5.41, 5.74) is 0. The van der Waals surface area contributed by atoms with E-state index in [1.54, 1.807) is 0 Å². The SMILES string of the molecule is [2H]C([2H])(O)[C@@]([2H])(O)[C@@]([2H])(O)C1O[C@](O)(C(=O)OC)C[C@]([2H])(O)C1NC(C)=O. The van der Waals surface area contributed by atoms with E-state index in [9.17, 15) is 35.1 Å². The average Bonchev–Trinajstić information content (AvgIpc) is 2.46. The highest BCUT2D eigenvalue weighted by Crippen LogP contribution is 2.31. The maximum Gasteiger partial charge on any atom is 0.366 e. The van der Waals surface area contributed by atoms with Gasteiger partial charge < -0.3 is 40.3 Å². The Labute approximate surface area is 133 Å². The van der Waals surface area contributed by atoms with Gasteiger partial charge in [-0.05, 0) is 0 Å². The van der Waals surface area contributed by atoms with Gasteiger partial charge in [-0.3, -0.25) is 4.79 Å². The lowest BCUT2D eigenvalue weighted by Gasteiger charge is -2.45. The molecule has 22 heavy (non-hydrogen) atoms. The molecule has 0 aromatic heterocycles. The van der Waals surface area contributed by atoms with Crippen LogP contribution in [0.15, 0.2) is 0 Å². The Balaban J connectivity index is 3.58. The maximum atomic E-state index is 11.8. The predicted molar refractivity (Wildman–Crippen MR) is 69.2 cm³/mol. The van der Waals surface area contributed by atoms with Gasteiger partial charge in [0, 0.05) is 13.3 Å². The molecule has 0 aliphatic carbocycles. The van der Waals surface area contributed by atoms with E-state index < -0.39 is 61.0 Å². The monoisotopic (exact) mass is 328 g/mol. The standard InChI is InChI=1S/C12H21NO9/c1-5(15)13-8-6(16)3-12(20,11(19)21-2)22-10(8)9(18)7(17)4-14/h6-10,14,16-18,20H,3-4H2,1-2H3,(H,13,15)/t6-,7+,8?,9+,10?,12-/m0/s1/i4D2,6D,7D,9D. The van der Waals surface area contributed by atoms with Gasteiger partial charge in [0.2, 0.25) is 5.91 Å². The molecule has 0 saturated carbocycles. The van der Waals surface area contributed by atoms with Gasteiger partial charge in [-0.1, -0.05) is 0 Å². The van der Waals surface area contributed by atoms with E-state index in [1.807, 2.05) is 5.32 Å². The first-order valence-electron chi connectivity index (χ1n) is 8.48. The highest BCUT2D eigenvalue weighted by molar-refractivity contribution is 5.78. The van der Waals surface area contributed by atoms with Gasteiger partial charge in [-0.15, -0.1) is 0 Å². The van der Waals surface area contributed by atoms with Crippen LogP contribution in [0.5, 0.6) is 0 Å². The summed E-state index contributed by atoms with van der Waals surface area (Å²) >= 11 is 0. The Hall–Kier alpha value is -1.30. The summed E-state index contributed by atoms with van der Waals surface area (Å²) in [5, 5.41) is 51.9. The smallest absolute Gasteiger partial charge is 0.366 e. The third kappa shape index (κ3) is 3.91. The molecule has 0 aromatic rings. The van der Waals surface area contributed by atoms with Crippen molar-refractivity contribution in [1.82, 2.24) is 5.32 Å². The van der Waals surface area contributed by atoms with Crippen molar-refractivity contribution in [2.45, 2.75) is 49.5 Å². The van der Waals surface area contributed by atoms with Crippen LogP contribution >= 0.6 is 0 Å². The second kappa shape index (κ2) is 7.31. The van der Waals surface area contributed by atoms with Gasteiger partial charge >= 0.3 is 5.97 Å². The largest absolute Gasteiger partial charge is 0.465 e. The van der Waals surface area contributed by atoms with E-state index in [1.165, 1.54) is 0 Å². The van der Waals surface area contributed by atoms with Crippen LogP contribution in [0.4, 0.5) is 0 Å². The second-order valence-corrected chi connectivity index (χ2v) is 4.51. The summed E-state index contributed by atoms with van der Waals surface area (Å²) in [5.74, 6) is -5.70. The summed E-state index contributed by atoms with van der Waals surface area (Å²) < 4.78 is 46.2. The molecule has 2 unspecified atom stereocenters. The Kier molecular flexibility index (Phi) is 4.04. The molecular formula is C12H21NO9. The molecule has 10 heteroatoms. The first kappa shape index (κ1) is 12.2. The minimum Gasteiger partial charge on any atom is -0.465 e. The topological polar surface area (TPSA) is 166 Å². The number of amides is 1. The van der Waals surface area contributed by atoms with Gasteiger partial charge in [0.05, 0.1) is 32.6 Å². The quantitative estimate of drug-likeness (QED) is 0.278. The first-order chi connectivity index (χ1) is 11.8. The number of ether oxygens (including phenoxy) is 2. The van der Waals surface area contributed by atoms with Crippen molar-refractivity contribution in [3.05, 3.63) is 0 Å². The number of aliphatic hydroxyl groups is 5. The number of nitrogens with one attached hydrogen (secondary N) is 1. The highest BCUT2D eigenvalue weighted by atomic mass is 16.7. The molecule has 1 rings (SSSR count). The lowest BCUT2D eigenvalue weighted by Crippen LogP contribution is -2.67. The van der Waals surface area contributed by atoms with Crippen LogP contribution in [-0.4, -0.2) is 87.3 Å². The van der Waals surface area contributed by atoms with Gasteiger partial charge in [-0.2, -0.15) is 0 Å². The fourth-order valence-corrected chi connectivity index (χ4v) is 1.91. The molecular weight excluding hydrogens is 302 g/mol. The van der Waals surface area contributed by atoms with E-state index in [2.05, 4.69) is 4.74 Å². The van der Waals surface area contributed by atoms with Crippen LogP contribution in [0.2, 0.25) is 0 Å². The van der Waals surface area contributed by atoms with Crippen molar-refractivity contribution in [3.8, 4) is 0 Å². The van der Waals surface area contributed by atoms with Crippen molar-refractivity contribution in [3.63, 3.8) is 0 Å². The molecule has 0 radical (unpaired) electrons. The van der Waals surface area contributed by atoms with Crippen molar-refractivity contribution in [2.75, 3.05) is 13.7 Å². The molecule has 10 nitrogen and oxygen atoms in total. The molecule has 6 N–H and O–H groups in total. The van der Waals surface area contributed by atoms with E-state index in [-0.39, 0.29) is 0 Å². The van der Waals surface area contributed by atoms with Crippen LogP contribution in [-0.2, 0) is 19.1 Å². The third-order valence-corrected chi connectivity index (χ3v) is 2.89.